The number of hydrogen-bond acceptors (Lipinski definition) is 2. The van der Waals surface area contributed by atoms with Crippen molar-refractivity contribution in [3.63, 3.8) is 0 Å². The molecule has 6 rings (SSSR count). The van der Waals surface area contributed by atoms with Crippen molar-refractivity contribution in [1.82, 2.24) is 0 Å². The Morgan fingerprint density at radius 2 is 1.76 bits per heavy atom. The van der Waals surface area contributed by atoms with Crippen molar-refractivity contribution in [2.24, 2.45) is 0 Å². The molecule has 0 N–H and O–H groups in total. The highest BCUT2D eigenvalue weighted by atomic mass is 127. The number of allylic oxidation sites excluding steroid dienone is 1. The first-order chi connectivity index (χ1) is 18.4. The van der Waals surface area contributed by atoms with Crippen LogP contribution in [0.4, 0.5) is 11.4 Å². The fourth-order valence-electron chi connectivity index (χ4n) is 6.87. The van der Waals surface area contributed by atoms with Crippen molar-refractivity contribution in [3.8, 4) is 5.75 Å². The largest absolute Gasteiger partial charge is 0.497 e. The molecule has 1 fully saturated rings. The van der Waals surface area contributed by atoms with Crippen LogP contribution in [-0.2, 0) is 5.41 Å². The van der Waals surface area contributed by atoms with Gasteiger partial charge in [0.05, 0.1) is 7.11 Å². The summed E-state index contributed by atoms with van der Waals surface area (Å²) in [5, 5.41) is 2.69. The van der Waals surface area contributed by atoms with E-state index in [0.717, 1.165) is 5.75 Å². The van der Waals surface area contributed by atoms with E-state index in [4.69, 9.17) is 4.74 Å². The third-order valence-electron chi connectivity index (χ3n) is 8.80. The number of fused-ring (bicyclic) bond motifs is 4. The first kappa shape index (κ1) is 25.5. The molecule has 0 radical (unpaired) electrons. The zero-order valence-electron chi connectivity index (χ0n) is 22.7. The first-order valence-electron chi connectivity index (χ1n) is 13.8. The molecule has 4 aromatic rings. The SMILES string of the molecule is COc1ccc(N2c3ccc(/C=C/C(I)C(C)(C)c4c(C)ccc5ccccc45)cc3C3CCCC32)cc1. The van der Waals surface area contributed by atoms with Gasteiger partial charge in [-0.15, -0.1) is 0 Å². The summed E-state index contributed by atoms with van der Waals surface area (Å²) in [4.78, 5) is 2.58. The summed E-state index contributed by atoms with van der Waals surface area (Å²) in [5.74, 6) is 1.53. The molecule has 0 amide bonds. The summed E-state index contributed by atoms with van der Waals surface area (Å²) in [7, 11) is 1.73. The fraction of sp³-hybridized carbons (Fsp3) is 0.314. The summed E-state index contributed by atoms with van der Waals surface area (Å²) in [6, 6.07) is 29.5. The molecule has 3 unspecified atom stereocenters. The van der Waals surface area contributed by atoms with Gasteiger partial charge >= 0.3 is 0 Å². The Kier molecular flexibility index (Phi) is 6.75. The van der Waals surface area contributed by atoms with Gasteiger partial charge < -0.3 is 9.64 Å². The zero-order chi connectivity index (χ0) is 26.4. The molecule has 1 heterocycles. The summed E-state index contributed by atoms with van der Waals surface area (Å²) in [6.45, 7) is 7.03. The zero-order valence-corrected chi connectivity index (χ0v) is 24.9. The number of aryl methyl sites for hydroxylation is 1. The van der Waals surface area contributed by atoms with Crippen molar-refractivity contribution in [2.75, 3.05) is 12.0 Å². The standard InChI is InChI=1S/C35H36INO/c1-23-12-15-25-8-5-6-9-28(25)34(23)35(2,3)33(36)21-14-24-13-20-32-30(22-24)29-10-7-11-31(29)37(32)26-16-18-27(38-4)19-17-26/h5-6,8-9,12-22,29,31,33H,7,10-11H2,1-4H3/b21-14+. The first-order valence-corrected chi connectivity index (χ1v) is 15.0. The van der Waals surface area contributed by atoms with Crippen molar-refractivity contribution in [1.29, 1.82) is 0 Å². The van der Waals surface area contributed by atoms with E-state index in [1.165, 1.54) is 63.7 Å². The van der Waals surface area contributed by atoms with Gasteiger partial charge in [0.25, 0.3) is 0 Å². The van der Waals surface area contributed by atoms with Gasteiger partial charge in [0.1, 0.15) is 5.75 Å². The molecule has 0 spiro atoms. The Morgan fingerprint density at radius 1 is 0.974 bits per heavy atom. The number of nitrogens with zero attached hydrogens (tertiary/aromatic N) is 1. The van der Waals surface area contributed by atoms with E-state index in [-0.39, 0.29) is 5.41 Å². The predicted octanol–water partition coefficient (Wildman–Crippen LogP) is 9.74. The summed E-state index contributed by atoms with van der Waals surface area (Å²) >= 11 is 2.64. The van der Waals surface area contributed by atoms with E-state index in [0.29, 0.717) is 15.9 Å². The van der Waals surface area contributed by atoms with E-state index in [1.54, 1.807) is 7.11 Å². The van der Waals surface area contributed by atoms with Crippen LogP contribution in [0.1, 0.15) is 61.3 Å². The van der Waals surface area contributed by atoms with Gasteiger partial charge in [-0.05, 0) is 89.2 Å². The highest BCUT2D eigenvalue weighted by Gasteiger charge is 2.42. The van der Waals surface area contributed by atoms with Gasteiger partial charge in [0, 0.05) is 32.7 Å². The summed E-state index contributed by atoms with van der Waals surface area (Å²) in [6.07, 6.45) is 8.59. The Hall–Kier alpha value is -2.79. The number of hydrogen-bond donors (Lipinski definition) is 0. The van der Waals surface area contributed by atoms with E-state index in [1.807, 2.05) is 0 Å². The summed E-state index contributed by atoms with van der Waals surface area (Å²) in [5.41, 5.74) is 8.28. The molecular weight excluding hydrogens is 577 g/mol. The molecule has 0 saturated heterocycles. The smallest absolute Gasteiger partial charge is 0.119 e. The van der Waals surface area contributed by atoms with Crippen LogP contribution < -0.4 is 9.64 Å². The van der Waals surface area contributed by atoms with Crippen LogP contribution in [-0.4, -0.2) is 17.1 Å². The Balaban J connectivity index is 1.30. The van der Waals surface area contributed by atoms with Gasteiger partial charge in [-0.3, -0.25) is 0 Å². The fourth-order valence-corrected chi connectivity index (χ4v) is 7.39. The summed E-state index contributed by atoms with van der Waals surface area (Å²) < 4.78 is 5.76. The lowest BCUT2D eigenvalue weighted by atomic mass is 9.76. The van der Waals surface area contributed by atoms with E-state index < -0.39 is 0 Å². The quantitative estimate of drug-likeness (QED) is 0.159. The van der Waals surface area contributed by atoms with Gasteiger partial charge in [-0.1, -0.05) is 97.5 Å². The molecule has 3 atom stereocenters. The average Bonchev–Trinajstić information content (AvgIpc) is 3.52. The maximum absolute atomic E-state index is 5.40. The minimum absolute atomic E-state index is 0.000444. The molecule has 2 aliphatic rings. The number of ether oxygens (including phenoxy) is 1. The lowest BCUT2D eigenvalue weighted by Gasteiger charge is -2.32. The maximum atomic E-state index is 5.40. The minimum Gasteiger partial charge on any atom is -0.497 e. The minimum atomic E-state index is 0.000444. The lowest BCUT2D eigenvalue weighted by molar-refractivity contribution is 0.415. The second-order valence-corrected chi connectivity index (χ2v) is 12.8. The van der Waals surface area contributed by atoms with Crippen LogP contribution in [0.25, 0.3) is 16.8 Å². The molecular formula is C35H36INO. The predicted molar refractivity (Wildman–Crippen MR) is 171 cm³/mol. The molecule has 1 aliphatic carbocycles. The van der Waals surface area contributed by atoms with E-state index in [2.05, 4.69) is 139 Å². The highest BCUT2D eigenvalue weighted by Crippen LogP contribution is 2.52. The molecule has 194 valence electrons. The number of benzene rings is 4. The molecule has 0 bridgehead atoms. The average molecular weight is 614 g/mol. The second-order valence-electron chi connectivity index (χ2n) is 11.5. The molecule has 1 saturated carbocycles. The molecule has 1 aliphatic heterocycles. The van der Waals surface area contributed by atoms with Crippen molar-refractivity contribution >= 4 is 50.8 Å². The number of rotatable bonds is 6. The van der Waals surface area contributed by atoms with Crippen LogP contribution in [0.2, 0.25) is 0 Å². The molecule has 0 aromatic heterocycles. The molecule has 2 nitrogen and oxygen atoms in total. The number of halogens is 1. The van der Waals surface area contributed by atoms with Crippen LogP contribution >= 0.6 is 22.6 Å². The van der Waals surface area contributed by atoms with Gasteiger partial charge in [-0.2, -0.15) is 0 Å². The molecule has 4 aromatic carbocycles. The lowest BCUT2D eigenvalue weighted by Crippen LogP contribution is -2.28. The highest BCUT2D eigenvalue weighted by molar-refractivity contribution is 14.1. The van der Waals surface area contributed by atoms with E-state index >= 15 is 0 Å². The van der Waals surface area contributed by atoms with Crippen molar-refractivity contribution < 1.29 is 4.74 Å². The van der Waals surface area contributed by atoms with Crippen molar-refractivity contribution in [3.05, 3.63) is 107 Å². The second kappa shape index (κ2) is 10.1. The number of anilines is 2. The Labute approximate surface area is 240 Å². The molecule has 38 heavy (non-hydrogen) atoms. The van der Waals surface area contributed by atoms with Crippen molar-refractivity contribution in [2.45, 2.75) is 61.3 Å². The van der Waals surface area contributed by atoms with Gasteiger partial charge in [0.2, 0.25) is 0 Å². The number of methoxy groups -OCH3 is 1. The van der Waals surface area contributed by atoms with Gasteiger partial charge in [0.15, 0.2) is 0 Å². The maximum Gasteiger partial charge on any atom is 0.119 e. The van der Waals surface area contributed by atoms with Gasteiger partial charge in [-0.25, -0.2) is 0 Å². The van der Waals surface area contributed by atoms with Crippen LogP contribution in [0, 0.1) is 6.92 Å². The van der Waals surface area contributed by atoms with Crippen LogP contribution in [0.3, 0.4) is 0 Å². The monoisotopic (exact) mass is 613 g/mol. The van der Waals surface area contributed by atoms with E-state index in [9.17, 15) is 0 Å². The number of alkyl halides is 1. The molecule has 3 heteroatoms. The normalized spacial score (nSPS) is 19.7. The third-order valence-corrected chi connectivity index (χ3v) is 10.8. The topological polar surface area (TPSA) is 12.5 Å². The Morgan fingerprint density at radius 3 is 2.55 bits per heavy atom. The Bertz CT molecular complexity index is 1500. The van der Waals surface area contributed by atoms with Crippen LogP contribution in [0.5, 0.6) is 5.75 Å². The third kappa shape index (κ3) is 4.33. The van der Waals surface area contributed by atoms with Crippen LogP contribution in [0.15, 0.2) is 84.9 Å².